The van der Waals surface area contributed by atoms with E-state index in [0.717, 1.165) is 47.4 Å². The lowest BCUT2D eigenvalue weighted by molar-refractivity contribution is -0.678. The van der Waals surface area contributed by atoms with Crippen LogP contribution in [-0.2, 0) is 6.54 Å². The van der Waals surface area contributed by atoms with E-state index in [-0.39, 0.29) is 24.0 Å². The Morgan fingerprint density at radius 1 is 0.806 bits per heavy atom. The number of ether oxygens (including phenoxy) is 1. The van der Waals surface area contributed by atoms with E-state index in [9.17, 15) is 0 Å². The Bertz CT molecular complexity index is 1130. The lowest BCUT2D eigenvalue weighted by Gasteiger charge is -2.18. The molecule has 0 unspecified atom stereocenters. The lowest BCUT2D eigenvalue weighted by atomic mass is 10.1. The van der Waals surface area contributed by atoms with E-state index in [1.165, 1.54) is 64.2 Å². The van der Waals surface area contributed by atoms with Gasteiger partial charge in [-0.15, -0.1) is 24.0 Å². The summed E-state index contributed by atoms with van der Waals surface area (Å²) < 4.78 is 14.8. The number of unbranched alkanes of at least 4 members (excludes halogenated alkanes) is 8. The molecule has 1 aromatic heterocycles. The quantitative estimate of drug-likeness (QED) is 0.105. The number of benzene rings is 2. The standard InChI is InChI=1S/C31H41N2O2.HI/c1-3-5-7-9-15-24-32-26-18-11-13-20-28(26)34-30(32)22-17-23-31-33(25-16-10-8-6-4-2)27-19-12-14-21-29(27)35-31;/h11-14,17-23H,3-10,15-16,24-25H2,1-2H3;1H/q+1;. The molecule has 36 heavy (non-hydrogen) atoms. The molecule has 4 nitrogen and oxygen atoms in total. The molecule has 0 aliphatic carbocycles. The van der Waals surface area contributed by atoms with Gasteiger partial charge in [-0.25, -0.2) is 0 Å². The molecule has 2 aromatic carbocycles. The third kappa shape index (κ3) is 7.37. The van der Waals surface area contributed by atoms with E-state index in [1.54, 1.807) is 0 Å². The van der Waals surface area contributed by atoms with Crippen molar-refractivity contribution in [1.82, 2.24) is 0 Å². The lowest BCUT2D eigenvalue weighted by Crippen LogP contribution is -2.35. The van der Waals surface area contributed by atoms with E-state index in [0.29, 0.717) is 0 Å². The highest BCUT2D eigenvalue weighted by atomic mass is 127. The number of para-hydroxylation sites is 4. The topological polar surface area (TPSA) is 29.5 Å². The number of hydrogen-bond donors (Lipinski definition) is 0. The van der Waals surface area contributed by atoms with Gasteiger partial charge >= 0.3 is 5.89 Å². The van der Waals surface area contributed by atoms with Gasteiger partial charge in [-0.1, -0.05) is 83.1 Å². The van der Waals surface area contributed by atoms with Crippen molar-refractivity contribution in [3.8, 4) is 5.75 Å². The summed E-state index contributed by atoms with van der Waals surface area (Å²) in [6.45, 7) is 6.47. The fourth-order valence-corrected chi connectivity index (χ4v) is 4.77. The first kappa shape index (κ1) is 28.3. The van der Waals surface area contributed by atoms with Crippen molar-refractivity contribution in [1.29, 1.82) is 0 Å². The Hall–Kier alpha value is -2.28. The Kier molecular flexibility index (Phi) is 11.9. The van der Waals surface area contributed by atoms with Gasteiger partial charge in [-0.3, -0.25) is 0 Å². The number of aryl methyl sites for hydroxylation is 1. The molecule has 0 radical (unpaired) electrons. The van der Waals surface area contributed by atoms with Crippen molar-refractivity contribution in [2.45, 2.75) is 84.6 Å². The second kappa shape index (κ2) is 15.1. The zero-order chi connectivity index (χ0) is 24.3. The first-order chi connectivity index (χ1) is 17.3. The molecule has 5 heteroatoms. The SMILES string of the molecule is CCCCCCCN1/C(=C/C=C/c2oc3ccccc3[n+]2CCCCCCC)Oc2ccccc21.I. The summed E-state index contributed by atoms with van der Waals surface area (Å²) >= 11 is 0. The minimum Gasteiger partial charge on any atom is -0.439 e. The first-order valence-electron chi connectivity index (χ1n) is 13.7. The molecular formula is C31H42IN2O2+. The van der Waals surface area contributed by atoms with E-state index in [2.05, 4.69) is 77.9 Å². The molecule has 194 valence electrons. The fourth-order valence-electron chi connectivity index (χ4n) is 4.77. The number of nitrogens with zero attached hydrogens (tertiary/aromatic N) is 2. The normalized spacial score (nSPS) is 13.9. The minimum absolute atomic E-state index is 0. The van der Waals surface area contributed by atoms with E-state index < -0.39 is 0 Å². The molecule has 0 amide bonds. The molecular weight excluding hydrogens is 559 g/mol. The number of allylic oxidation sites excluding steroid dienone is 2. The average molecular weight is 602 g/mol. The van der Waals surface area contributed by atoms with Gasteiger partial charge in [0, 0.05) is 19.0 Å². The van der Waals surface area contributed by atoms with Gasteiger partial charge in [0.25, 0.3) is 5.52 Å². The van der Waals surface area contributed by atoms with Crippen LogP contribution in [0.1, 0.15) is 83.9 Å². The number of fused-ring (bicyclic) bond motifs is 2. The Balaban J connectivity index is 0.00000361. The predicted octanol–water partition coefficient (Wildman–Crippen LogP) is 9.03. The summed E-state index contributed by atoms with van der Waals surface area (Å²) in [6.07, 6.45) is 18.8. The number of oxazole rings is 1. The van der Waals surface area contributed by atoms with E-state index >= 15 is 0 Å². The smallest absolute Gasteiger partial charge is 0.374 e. The molecule has 0 N–H and O–H groups in total. The maximum Gasteiger partial charge on any atom is 0.374 e. The Labute approximate surface area is 234 Å². The van der Waals surface area contributed by atoms with Crippen LogP contribution < -0.4 is 14.2 Å². The van der Waals surface area contributed by atoms with Gasteiger partial charge < -0.3 is 14.1 Å². The molecule has 0 saturated heterocycles. The van der Waals surface area contributed by atoms with E-state index in [4.69, 9.17) is 9.15 Å². The number of aromatic nitrogens is 1. The van der Waals surface area contributed by atoms with Crippen LogP contribution in [-0.4, -0.2) is 6.54 Å². The van der Waals surface area contributed by atoms with Crippen LogP contribution in [0.4, 0.5) is 5.69 Å². The van der Waals surface area contributed by atoms with Crippen LogP contribution in [0.2, 0.25) is 0 Å². The molecule has 0 spiro atoms. The number of halogens is 1. The third-order valence-corrected chi connectivity index (χ3v) is 6.72. The third-order valence-electron chi connectivity index (χ3n) is 6.72. The van der Waals surface area contributed by atoms with Gasteiger partial charge in [0.15, 0.2) is 12.3 Å². The molecule has 1 aliphatic heterocycles. The number of rotatable bonds is 14. The molecule has 4 rings (SSSR count). The second-order valence-electron chi connectivity index (χ2n) is 9.47. The van der Waals surface area contributed by atoms with Crippen molar-refractivity contribution >= 4 is 46.8 Å². The van der Waals surface area contributed by atoms with Crippen molar-refractivity contribution in [2.24, 2.45) is 0 Å². The van der Waals surface area contributed by atoms with E-state index in [1.807, 2.05) is 12.1 Å². The Morgan fingerprint density at radius 3 is 2.31 bits per heavy atom. The highest BCUT2D eigenvalue weighted by molar-refractivity contribution is 14.0. The molecule has 2 heterocycles. The number of hydrogen-bond acceptors (Lipinski definition) is 3. The molecule has 0 bridgehead atoms. The number of anilines is 1. The zero-order valence-corrected chi connectivity index (χ0v) is 24.3. The predicted molar refractivity (Wildman–Crippen MR) is 161 cm³/mol. The summed E-state index contributed by atoms with van der Waals surface area (Å²) in [7, 11) is 0. The Morgan fingerprint density at radius 2 is 1.50 bits per heavy atom. The minimum atomic E-state index is 0. The van der Waals surface area contributed by atoms with Crippen LogP contribution in [0.5, 0.6) is 5.75 Å². The van der Waals surface area contributed by atoms with Gasteiger partial charge in [-0.05, 0) is 43.2 Å². The summed E-state index contributed by atoms with van der Waals surface area (Å²) in [5.41, 5.74) is 3.26. The highest BCUT2D eigenvalue weighted by Crippen LogP contribution is 2.38. The summed E-state index contributed by atoms with van der Waals surface area (Å²) in [5.74, 6) is 2.71. The monoisotopic (exact) mass is 601 g/mol. The van der Waals surface area contributed by atoms with Crippen LogP contribution in [0.3, 0.4) is 0 Å². The molecule has 0 saturated carbocycles. The first-order valence-corrected chi connectivity index (χ1v) is 13.7. The summed E-state index contributed by atoms with van der Waals surface area (Å²) in [6, 6.07) is 16.6. The van der Waals surface area contributed by atoms with Gasteiger partial charge in [-0.2, -0.15) is 4.57 Å². The van der Waals surface area contributed by atoms with Gasteiger partial charge in [0.1, 0.15) is 0 Å². The fraction of sp³-hybridized carbons (Fsp3) is 0.452. The van der Waals surface area contributed by atoms with Crippen molar-refractivity contribution in [3.63, 3.8) is 0 Å². The van der Waals surface area contributed by atoms with Crippen LogP contribution in [0.15, 0.2) is 71.0 Å². The van der Waals surface area contributed by atoms with Gasteiger partial charge in [0.05, 0.1) is 11.8 Å². The van der Waals surface area contributed by atoms with Crippen LogP contribution in [0, 0.1) is 0 Å². The zero-order valence-electron chi connectivity index (χ0n) is 22.0. The molecule has 1 aliphatic rings. The van der Waals surface area contributed by atoms with Crippen molar-refractivity contribution < 1.29 is 13.7 Å². The molecule has 0 atom stereocenters. The van der Waals surface area contributed by atoms with Crippen molar-refractivity contribution in [2.75, 3.05) is 11.4 Å². The van der Waals surface area contributed by atoms with Gasteiger partial charge in [0.2, 0.25) is 11.5 Å². The maximum absolute atomic E-state index is 6.23. The largest absolute Gasteiger partial charge is 0.439 e. The second-order valence-corrected chi connectivity index (χ2v) is 9.47. The molecule has 3 aromatic rings. The van der Waals surface area contributed by atoms with Crippen molar-refractivity contribution in [3.05, 3.63) is 72.5 Å². The van der Waals surface area contributed by atoms with Crippen LogP contribution >= 0.6 is 24.0 Å². The highest BCUT2D eigenvalue weighted by Gasteiger charge is 2.25. The maximum atomic E-state index is 6.23. The molecule has 0 fully saturated rings. The summed E-state index contributed by atoms with van der Waals surface area (Å²) in [4.78, 5) is 2.31. The summed E-state index contributed by atoms with van der Waals surface area (Å²) in [5, 5.41) is 0. The average Bonchev–Trinajstić information content (AvgIpc) is 3.41. The van der Waals surface area contributed by atoms with Crippen LogP contribution in [0.25, 0.3) is 17.2 Å².